The Hall–Kier alpha value is -0.610. The molecule has 4 nitrogen and oxygen atoms in total. The molecule has 0 aromatic rings. The second kappa shape index (κ2) is 9.42. The monoisotopic (exact) mass is 242 g/mol. The number of ether oxygens (including phenoxy) is 1. The maximum atomic E-state index is 11.5. The molecule has 0 aromatic heterocycles. The van der Waals surface area contributed by atoms with Crippen molar-refractivity contribution in [3.8, 4) is 0 Å². The van der Waals surface area contributed by atoms with Crippen LogP contribution in [0.5, 0.6) is 0 Å². The first kappa shape index (κ1) is 14.5. The molecule has 0 bridgehead atoms. The first-order valence-electron chi connectivity index (χ1n) is 6.92. The number of nitrogens with one attached hydrogen (secondary N) is 2. The highest BCUT2D eigenvalue weighted by molar-refractivity contribution is 5.75. The summed E-state index contributed by atoms with van der Waals surface area (Å²) < 4.78 is 5.51. The van der Waals surface area contributed by atoms with Crippen molar-refractivity contribution in [1.82, 2.24) is 10.6 Å². The molecule has 0 aliphatic carbocycles. The number of rotatable bonds is 8. The minimum Gasteiger partial charge on any atom is -0.374 e. The van der Waals surface area contributed by atoms with Crippen molar-refractivity contribution < 1.29 is 9.53 Å². The first-order valence-corrected chi connectivity index (χ1v) is 6.92. The van der Waals surface area contributed by atoms with Crippen molar-refractivity contribution in [3.05, 3.63) is 0 Å². The molecule has 17 heavy (non-hydrogen) atoms. The highest BCUT2D eigenvalue weighted by Crippen LogP contribution is 2.04. The molecule has 100 valence electrons. The average molecular weight is 242 g/mol. The lowest BCUT2D eigenvalue weighted by molar-refractivity contribution is -0.122. The Bertz CT molecular complexity index is 204. The first-order chi connectivity index (χ1) is 8.33. The number of carbonyl (C=O) groups excluding carboxylic acids is 1. The van der Waals surface area contributed by atoms with Crippen molar-refractivity contribution in [2.24, 2.45) is 0 Å². The number of unbranched alkanes of at least 4 members (excludes halogenated alkanes) is 4. The maximum absolute atomic E-state index is 11.5. The third-order valence-electron chi connectivity index (χ3n) is 3.04. The van der Waals surface area contributed by atoms with E-state index in [9.17, 15) is 4.79 Å². The van der Waals surface area contributed by atoms with E-state index >= 15 is 0 Å². The molecule has 1 heterocycles. The minimum atomic E-state index is 0.146. The van der Waals surface area contributed by atoms with Crippen LogP contribution in [0.15, 0.2) is 0 Å². The lowest BCUT2D eigenvalue weighted by Gasteiger charge is -2.23. The molecule has 1 aliphatic heterocycles. The van der Waals surface area contributed by atoms with E-state index in [0.717, 1.165) is 26.1 Å². The molecule has 0 aromatic carbocycles. The molecule has 1 aliphatic rings. The van der Waals surface area contributed by atoms with Gasteiger partial charge in [0.2, 0.25) is 5.91 Å². The zero-order valence-electron chi connectivity index (χ0n) is 11.0. The van der Waals surface area contributed by atoms with Crippen LogP contribution < -0.4 is 10.6 Å². The van der Waals surface area contributed by atoms with E-state index in [1.54, 1.807) is 0 Å². The Morgan fingerprint density at radius 2 is 2.18 bits per heavy atom. The Morgan fingerprint density at radius 3 is 2.88 bits per heavy atom. The van der Waals surface area contributed by atoms with Gasteiger partial charge in [-0.1, -0.05) is 32.6 Å². The van der Waals surface area contributed by atoms with Crippen LogP contribution in [0.2, 0.25) is 0 Å². The van der Waals surface area contributed by atoms with Crippen LogP contribution in [-0.2, 0) is 9.53 Å². The van der Waals surface area contributed by atoms with E-state index in [1.807, 2.05) is 0 Å². The summed E-state index contributed by atoms with van der Waals surface area (Å²) in [6.07, 6.45) is 6.76. The van der Waals surface area contributed by atoms with Crippen molar-refractivity contribution in [1.29, 1.82) is 0 Å². The van der Waals surface area contributed by atoms with E-state index in [0.29, 0.717) is 13.0 Å². The second-order valence-electron chi connectivity index (χ2n) is 4.67. The van der Waals surface area contributed by atoms with Gasteiger partial charge in [-0.3, -0.25) is 4.79 Å². The van der Waals surface area contributed by atoms with Gasteiger partial charge in [0.15, 0.2) is 0 Å². The molecule has 0 saturated carbocycles. The molecule has 2 N–H and O–H groups in total. The van der Waals surface area contributed by atoms with Crippen molar-refractivity contribution in [3.63, 3.8) is 0 Å². The van der Waals surface area contributed by atoms with Gasteiger partial charge in [-0.05, 0) is 6.42 Å². The number of hydrogen-bond donors (Lipinski definition) is 2. The summed E-state index contributed by atoms with van der Waals surface area (Å²) in [6.45, 7) is 5.35. The summed E-state index contributed by atoms with van der Waals surface area (Å²) in [5.41, 5.74) is 0. The third-order valence-corrected chi connectivity index (χ3v) is 3.04. The zero-order valence-corrected chi connectivity index (χ0v) is 11.0. The van der Waals surface area contributed by atoms with Crippen LogP contribution in [-0.4, -0.2) is 38.3 Å². The maximum Gasteiger partial charge on any atom is 0.220 e. The number of hydrogen-bond acceptors (Lipinski definition) is 3. The molecule has 1 atom stereocenters. The Morgan fingerprint density at radius 1 is 1.35 bits per heavy atom. The largest absolute Gasteiger partial charge is 0.374 e. The normalized spacial score (nSPS) is 20.2. The van der Waals surface area contributed by atoms with Gasteiger partial charge in [-0.25, -0.2) is 0 Å². The molecule has 1 rings (SSSR count). The topological polar surface area (TPSA) is 50.4 Å². The summed E-state index contributed by atoms with van der Waals surface area (Å²) in [4.78, 5) is 11.5. The second-order valence-corrected chi connectivity index (χ2v) is 4.67. The third kappa shape index (κ3) is 7.34. The molecule has 1 fully saturated rings. The van der Waals surface area contributed by atoms with Crippen LogP contribution >= 0.6 is 0 Å². The van der Waals surface area contributed by atoms with Crippen LogP contribution in [0, 0.1) is 0 Å². The predicted molar refractivity (Wildman–Crippen MR) is 69.0 cm³/mol. The van der Waals surface area contributed by atoms with Crippen LogP contribution in [0.4, 0.5) is 0 Å². The molecule has 0 radical (unpaired) electrons. The smallest absolute Gasteiger partial charge is 0.220 e. The fraction of sp³-hybridized carbons (Fsp3) is 0.923. The molecule has 1 amide bonds. The Labute approximate surface area is 104 Å². The van der Waals surface area contributed by atoms with E-state index in [2.05, 4.69) is 17.6 Å². The van der Waals surface area contributed by atoms with Gasteiger partial charge in [0.05, 0.1) is 12.7 Å². The van der Waals surface area contributed by atoms with Crippen molar-refractivity contribution in [2.75, 3.05) is 26.2 Å². The van der Waals surface area contributed by atoms with Crippen LogP contribution in [0.25, 0.3) is 0 Å². The molecular formula is C13H26N2O2. The zero-order chi connectivity index (χ0) is 12.3. The predicted octanol–water partition coefficient (Wildman–Crippen LogP) is 1.45. The van der Waals surface area contributed by atoms with Gasteiger partial charge in [0.25, 0.3) is 0 Å². The van der Waals surface area contributed by atoms with Crippen molar-refractivity contribution >= 4 is 5.91 Å². The van der Waals surface area contributed by atoms with E-state index < -0.39 is 0 Å². The summed E-state index contributed by atoms with van der Waals surface area (Å²) in [7, 11) is 0. The van der Waals surface area contributed by atoms with E-state index in [-0.39, 0.29) is 12.0 Å². The van der Waals surface area contributed by atoms with Gasteiger partial charge >= 0.3 is 0 Å². The molecule has 1 unspecified atom stereocenters. The van der Waals surface area contributed by atoms with Gasteiger partial charge in [0, 0.05) is 26.1 Å². The van der Waals surface area contributed by atoms with Crippen molar-refractivity contribution in [2.45, 2.75) is 51.6 Å². The van der Waals surface area contributed by atoms with Gasteiger partial charge in [0.1, 0.15) is 0 Å². The van der Waals surface area contributed by atoms with Gasteiger partial charge < -0.3 is 15.4 Å². The van der Waals surface area contributed by atoms with Crippen LogP contribution in [0.1, 0.15) is 45.4 Å². The molecular weight excluding hydrogens is 216 g/mol. The fourth-order valence-corrected chi connectivity index (χ4v) is 1.96. The molecule has 1 saturated heterocycles. The Kier molecular flexibility index (Phi) is 8.01. The number of morpholine rings is 1. The quantitative estimate of drug-likeness (QED) is 0.633. The SMILES string of the molecule is CCCCCCCC(=O)NCC1CNCCO1. The minimum absolute atomic E-state index is 0.146. The molecule has 0 spiro atoms. The highest BCUT2D eigenvalue weighted by Gasteiger charge is 2.13. The lowest BCUT2D eigenvalue weighted by atomic mass is 10.1. The standard InChI is InChI=1S/C13H26N2O2/c1-2-3-4-5-6-7-13(16)15-11-12-10-14-8-9-17-12/h12,14H,2-11H2,1H3,(H,15,16). The van der Waals surface area contributed by atoms with Gasteiger partial charge in [-0.15, -0.1) is 0 Å². The average Bonchev–Trinajstić information content (AvgIpc) is 2.37. The summed E-state index contributed by atoms with van der Waals surface area (Å²) in [5.74, 6) is 0.163. The summed E-state index contributed by atoms with van der Waals surface area (Å²) >= 11 is 0. The van der Waals surface area contributed by atoms with Crippen LogP contribution in [0.3, 0.4) is 0 Å². The Balaban J connectivity index is 1.93. The fourth-order valence-electron chi connectivity index (χ4n) is 1.96. The summed E-state index contributed by atoms with van der Waals surface area (Å²) in [6, 6.07) is 0. The van der Waals surface area contributed by atoms with E-state index in [4.69, 9.17) is 4.74 Å². The van der Waals surface area contributed by atoms with E-state index in [1.165, 1.54) is 25.7 Å². The number of carbonyl (C=O) groups is 1. The van der Waals surface area contributed by atoms with Gasteiger partial charge in [-0.2, -0.15) is 0 Å². The lowest BCUT2D eigenvalue weighted by Crippen LogP contribution is -2.45. The number of amides is 1. The highest BCUT2D eigenvalue weighted by atomic mass is 16.5. The molecule has 4 heteroatoms. The summed E-state index contributed by atoms with van der Waals surface area (Å²) in [5, 5.41) is 6.19.